The highest BCUT2D eigenvalue weighted by atomic mass is 19.1. The summed E-state index contributed by atoms with van der Waals surface area (Å²) in [4.78, 5) is 21.7. The Hall–Kier alpha value is -2.35. The van der Waals surface area contributed by atoms with Crippen molar-refractivity contribution in [2.75, 3.05) is 6.61 Å². The minimum absolute atomic E-state index is 0.0643. The van der Waals surface area contributed by atoms with Gasteiger partial charge in [0.15, 0.2) is 0 Å². The number of carboxylic acid groups (broad SMARTS) is 1. The van der Waals surface area contributed by atoms with E-state index in [1.807, 2.05) is 0 Å². The van der Waals surface area contributed by atoms with Gasteiger partial charge in [-0.2, -0.15) is 0 Å². The van der Waals surface area contributed by atoms with Crippen LogP contribution in [0.15, 0.2) is 18.2 Å². The summed E-state index contributed by atoms with van der Waals surface area (Å²) in [7, 11) is 0. The van der Waals surface area contributed by atoms with Gasteiger partial charge in [0, 0.05) is 11.5 Å². The number of benzene rings is 1. The molecule has 0 unspecified atom stereocenters. The topological polar surface area (TPSA) is 63.6 Å². The van der Waals surface area contributed by atoms with Gasteiger partial charge < -0.3 is 9.84 Å². The first kappa shape index (κ1) is 12.7. The average Bonchev–Trinajstić information content (AvgIpc) is 2.26. The zero-order chi connectivity index (χ0) is 12.8. The number of aromatic carboxylic acids is 1. The summed E-state index contributed by atoms with van der Waals surface area (Å²) in [5.74, 6) is 1.24. The van der Waals surface area contributed by atoms with Crippen LogP contribution in [0.25, 0.3) is 0 Å². The van der Waals surface area contributed by atoms with Gasteiger partial charge in [-0.3, -0.25) is 0 Å². The molecule has 1 aromatic rings. The van der Waals surface area contributed by atoms with E-state index in [0.29, 0.717) is 0 Å². The Bertz CT molecular complexity index is 511. The Morgan fingerprint density at radius 1 is 1.47 bits per heavy atom. The van der Waals surface area contributed by atoms with Crippen molar-refractivity contribution in [3.8, 4) is 11.8 Å². The van der Waals surface area contributed by atoms with E-state index >= 15 is 0 Å². The van der Waals surface area contributed by atoms with Gasteiger partial charge in [0.1, 0.15) is 11.4 Å². The third-order valence-corrected chi connectivity index (χ3v) is 1.80. The molecule has 0 aliphatic carbocycles. The van der Waals surface area contributed by atoms with Gasteiger partial charge in [-0.15, -0.1) is 0 Å². The first-order valence-corrected chi connectivity index (χ1v) is 4.76. The summed E-state index contributed by atoms with van der Waals surface area (Å²) in [6, 6.07) is 3.65. The summed E-state index contributed by atoms with van der Waals surface area (Å²) >= 11 is 0. The molecule has 0 radical (unpaired) electrons. The van der Waals surface area contributed by atoms with Crippen LogP contribution in [0.3, 0.4) is 0 Å². The number of hydrogen-bond acceptors (Lipinski definition) is 3. The van der Waals surface area contributed by atoms with Crippen LogP contribution in [-0.2, 0) is 9.53 Å². The summed E-state index contributed by atoms with van der Waals surface area (Å²) in [5.41, 5.74) is -0.616. The highest BCUT2D eigenvalue weighted by molar-refractivity contribution is 5.93. The summed E-state index contributed by atoms with van der Waals surface area (Å²) in [5, 5.41) is 8.79. The molecule has 0 aliphatic heterocycles. The Morgan fingerprint density at radius 3 is 2.76 bits per heavy atom. The number of carboxylic acids is 1. The number of rotatable bonds is 2. The lowest BCUT2D eigenvalue weighted by atomic mass is 10.1. The molecule has 88 valence electrons. The van der Waals surface area contributed by atoms with E-state index in [1.54, 1.807) is 6.92 Å². The van der Waals surface area contributed by atoms with E-state index in [1.165, 1.54) is 12.1 Å². The van der Waals surface area contributed by atoms with E-state index in [-0.39, 0.29) is 12.2 Å². The van der Waals surface area contributed by atoms with Crippen LogP contribution in [0.4, 0.5) is 4.39 Å². The molecule has 4 nitrogen and oxygen atoms in total. The Labute approximate surface area is 97.0 Å². The smallest absolute Gasteiger partial charge is 0.384 e. The second-order valence-electron chi connectivity index (χ2n) is 2.94. The largest absolute Gasteiger partial charge is 0.478 e. The van der Waals surface area contributed by atoms with Crippen LogP contribution in [0, 0.1) is 17.7 Å². The molecule has 0 spiro atoms. The van der Waals surface area contributed by atoms with Gasteiger partial charge >= 0.3 is 11.9 Å². The molecule has 17 heavy (non-hydrogen) atoms. The molecule has 0 amide bonds. The normalized spacial score (nSPS) is 9.06. The maximum atomic E-state index is 13.2. The van der Waals surface area contributed by atoms with Crippen molar-refractivity contribution < 1.29 is 23.8 Å². The number of carbonyl (C=O) groups is 2. The SMILES string of the molecule is CCOC(=O)C#Cc1cccc(F)c1C(=O)O. The van der Waals surface area contributed by atoms with Gasteiger partial charge in [-0.1, -0.05) is 12.0 Å². The highest BCUT2D eigenvalue weighted by Crippen LogP contribution is 2.12. The number of esters is 1. The minimum Gasteiger partial charge on any atom is -0.478 e. The molecule has 1 rings (SSSR count). The molecule has 1 aromatic carbocycles. The van der Waals surface area contributed by atoms with E-state index < -0.39 is 23.3 Å². The fraction of sp³-hybridized carbons (Fsp3) is 0.167. The van der Waals surface area contributed by atoms with Crippen LogP contribution >= 0.6 is 0 Å². The van der Waals surface area contributed by atoms with Crippen LogP contribution in [0.5, 0.6) is 0 Å². The maximum Gasteiger partial charge on any atom is 0.384 e. The second kappa shape index (κ2) is 5.66. The van der Waals surface area contributed by atoms with E-state index in [9.17, 15) is 14.0 Å². The fourth-order valence-electron chi connectivity index (χ4n) is 1.13. The van der Waals surface area contributed by atoms with Crippen molar-refractivity contribution in [1.29, 1.82) is 0 Å². The minimum atomic E-state index is -1.43. The van der Waals surface area contributed by atoms with Gasteiger partial charge in [-0.25, -0.2) is 14.0 Å². The molecule has 0 saturated heterocycles. The van der Waals surface area contributed by atoms with Gasteiger partial charge in [0.25, 0.3) is 0 Å². The molecular formula is C12H9FO4. The van der Waals surface area contributed by atoms with Crippen LogP contribution in [-0.4, -0.2) is 23.7 Å². The number of hydrogen-bond donors (Lipinski definition) is 1. The van der Waals surface area contributed by atoms with Gasteiger partial charge in [0.05, 0.1) is 6.61 Å². The number of ether oxygens (including phenoxy) is 1. The van der Waals surface area contributed by atoms with E-state index in [4.69, 9.17) is 5.11 Å². The molecule has 0 saturated carbocycles. The summed E-state index contributed by atoms with van der Waals surface area (Å²) in [6.45, 7) is 1.78. The second-order valence-corrected chi connectivity index (χ2v) is 2.94. The first-order chi connectivity index (χ1) is 8.06. The predicted molar refractivity (Wildman–Crippen MR) is 56.9 cm³/mol. The van der Waals surface area contributed by atoms with Gasteiger partial charge in [0.2, 0.25) is 0 Å². The summed E-state index contributed by atoms with van der Waals surface area (Å²) in [6.07, 6.45) is 0. The molecule has 0 aromatic heterocycles. The van der Waals surface area contributed by atoms with E-state index in [2.05, 4.69) is 16.6 Å². The van der Waals surface area contributed by atoms with Crippen LogP contribution in [0.2, 0.25) is 0 Å². The molecule has 0 atom stereocenters. The molecule has 5 heteroatoms. The number of halogens is 1. The Morgan fingerprint density at radius 2 is 2.18 bits per heavy atom. The van der Waals surface area contributed by atoms with Crippen molar-refractivity contribution >= 4 is 11.9 Å². The zero-order valence-corrected chi connectivity index (χ0v) is 8.99. The highest BCUT2D eigenvalue weighted by Gasteiger charge is 2.14. The van der Waals surface area contributed by atoms with E-state index in [0.717, 1.165) is 6.07 Å². The van der Waals surface area contributed by atoms with Crippen molar-refractivity contribution in [2.24, 2.45) is 0 Å². The molecular weight excluding hydrogens is 227 g/mol. The van der Waals surface area contributed by atoms with Crippen molar-refractivity contribution in [2.45, 2.75) is 6.92 Å². The lowest BCUT2D eigenvalue weighted by molar-refractivity contribution is -0.136. The van der Waals surface area contributed by atoms with Crippen LogP contribution < -0.4 is 0 Å². The Balaban J connectivity index is 3.11. The zero-order valence-electron chi connectivity index (χ0n) is 8.99. The average molecular weight is 236 g/mol. The van der Waals surface area contributed by atoms with Crippen molar-refractivity contribution in [1.82, 2.24) is 0 Å². The molecule has 0 bridgehead atoms. The predicted octanol–water partition coefficient (Wildman–Crippen LogP) is 1.44. The molecule has 0 heterocycles. The Kier molecular flexibility index (Phi) is 4.23. The molecule has 0 fully saturated rings. The molecule has 1 N–H and O–H groups in total. The molecule has 0 aliphatic rings. The fourth-order valence-corrected chi connectivity index (χ4v) is 1.13. The van der Waals surface area contributed by atoms with Crippen LogP contribution in [0.1, 0.15) is 22.8 Å². The standard InChI is InChI=1S/C12H9FO4/c1-2-17-10(14)7-6-8-4-3-5-9(13)11(8)12(15)16/h3-5H,2H2,1H3,(H,15,16). The number of carbonyl (C=O) groups excluding carboxylic acids is 1. The van der Waals surface area contributed by atoms with Gasteiger partial charge in [-0.05, 0) is 19.1 Å². The third kappa shape index (κ3) is 3.31. The van der Waals surface area contributed by atoms with Crippen molar-refractivity contribution in [3.63, 3.8) is 0 Å². The monoisotopic (exact) mass is 236 g/mol. The lowest BCUT2D eigenvalue weighted by Gasteiger charge is -1.99. The lowest BCUT2D eigenvalue weighted by Crippen LogP contribution is -2.04. The quantitative estimate of drug-likeness (QED) is 0.623. The maximum absolute atomic E-state index is 13.2. The first-order valence-electron chi connectivity index (χ1n) is 4.76. The summed E-state index contributed by atoms with van der Waals surface area (Å²) < 4.78 is 17.7. The van der Waals surface area contributed by atoms with Crippen molar-refractivity contribution in [3.05, 3.63) is 35.1 Å². The third-order valence-electron chi connectivity index (χ3n) is 1.80.